The SMILES string of the molecule is NC(CCC(=O)O)CC(=O)OC(C(=O)O)C(N)CCC(=O)O. The number of carboxylic acid groups (broad SMARTS) is 3. The van der Waals surface area contributed by atoms with Crippen molar-refractivity contribution in [1.82, 2.24) is 0 Å². The third-order valence-electron chi connectivity index (χ3n) is 2.74. The zero-order valence-electron chi connectivity index (χ0n) is 11.8. The summed E-state index contributed by atoms with van der Waals surface area (Å²) in [7, 11) is 0. The summed E-state index contributed by atoms with van der Waals surface area (Å²) >= 11 is 0. The van der Waals surface area contributed by atoms with Crippen LogP contribution in [-0.4, -0.2) is 57.4 Å². The smallest absolute Gasteiger partial charge is 0.346 e. The van der Waals surface area contributed by atoms with Crippen LogP contribution in [0.5, 0.6) is 0 Å². The molecule has 10 heteroatoms. The number of ether oxygens (including phenoxy) is 1. The fourth-order valence-electron chi connectivity index (χ4n) is 1.58. The maximum Gasteiger partial charge on any atom is 0.346 e. The maximum absolute atomic E-state index is 11.6. The van der Waals surface area contributed by atoms with E-state index in [1.165, 1.54) is 0 Å². The maximum atomic E-state index is 11.6. The molecule has 10 nitrogen and oxygen atoms in total. The van der Waals surface area contributed by atoms with Gasteiger partial charge < -0.3 is 31.5 Å². The van der Waals surface area contributed by atoms with E-state index in [-0.39, 0.29) is 32.1 Å². The zero-order chi connectivity index (χ0) is 17.3. The van der Waals surface area contributed by atoms with Gasteiger partial charge in [-0.3, -0.25) is 14.4 Å². The van der Waals surface area contributed by atoms with Crippen molar-refractivity contribution in [2.75, 3.05) is 0 Å². The molecule has 0 aliphatic carbocycles. The van der Waals surface area contributed by atoms with Crippen LogP contribution in [0.25, 0.3) is 0 Å². The molecule has 126 valence electrons. The molecule has 0 saturated heterocycles. The number of aliphatic carboxylic acids is 3. The van der Waals surface area contributed by atoms with Gasteiger partial charge in [0, 0.05) is 18.9 Å². The molecule has 0 aromatic rings. The summed E-state index contributed by atoms with van der Waals surface area (Å²) in [5, 5.41) is 25.9. The summed E-state index contributed by atoms with van der Waals surface area (Å²) in [6, 6.07) is -1.96. The Bertz CT molecular complexity index is 425. The molecule has 0 saturated carbocycles. The van der Waals surface area contributed by atoms with Crippen molar-refractivity contribution < 1.29 is 39.2 Å². The molecule has 0 spiro atoms. The van der Waals surface area contributed by atoms with E-state index in [0.717, 1.165) is 0 Å². The van der Waals surface area contributed by atoms with Crippen LogP contribution < -0.4 is 11.5 Å². The van der Waals surface area contributed by atoms with Gasteiger partial charge in [0.05, 0.1) is 12.5 Å². The first kappa shape index (κ1) is 19.8. The highest BCUT2D eigenvalue weighted by atomic mass is 16.6. The fourth-order valence-corrected chi connectivity index (χ4v) is 1.58. The van der Waals surface area contributed by atoms with E-state index in [4.69, 9.17) is 31.5 Å². The van der Waals surface area contributed by atoms with Crippen molar-refractivity contribution in [1.29, 1.82) is 0 Å². The van der Waals surface area contributed by atoms with Gasteiger partial charge >= 0.3 is 23.9 Å². The standard InChI is InChI=1S/C12H20N2O8/c13-6(1-3-8(15)16)5-10(19)22-11(12(20)21)7(14)2-4-9(17)18/h6-7,11H,1-5,13-14H2,(H,15,16)(H,17,18)(H,20,21). The molecule has 0 radical (unpaired) electrons. The van der Waals surface area contributed by atoms with Gasteiger partial charge in [0.1, 0.15) is 0 Å². The molecule has 0 rings (SSSR count). The van der Waals surface area contributed by atoms with Gasteiger partial charge in [0.15, 0.2) is 0 Å². The quantitative estimate of drug-likeness (QED) is 0.287. The van der Waals surface area contributed by atoms with Gasteiger partial charge in [-0.1, -0.05) is 0 Å². The summed E-state index contributed by atoms with van der Waals surface area (Å²) in [5.41, 5.74) is 11.0. The van der Waals surface area contributed by atoms with E-state index in [1.54, 1.807) is 0 Å². The molecule has 3 unspecified atom stereocenters. The summed E-state index contributed by atoms with van der Waals surface area (Å²) in [4.78, 5) is 43.4. The molecular formula is C12H20N2O8. The van der Waals surface area contributed by atoms with E-state index in [1.807, 2.05) is 0 Å². The molecule has 0 heterocycles. The summed E-state index contributed by atoms with van der Waals surface area (Å²) in [6.45, 7) is 0. The van der Waals surface area contributed by atoms with Crippen LogP contribution in [0.4, 0.5) is 0 Å². The Balaban J connectivity index is 4.42. The number of esters is 1. The number of carboxylic acids is 3. The second-order valence-electron chi connectivity index (χ2n) is 4.74. The molecule has 7 N–H and O–H groups in total. The van der Waals surface area contributed by atoms with Gasteiger partial charge in [-0.15, -0.1) is 0 Å². The van der Waals surface area contributed by atoms with Crippen molar-refractivity contribution in [3.63, 3.8) is 0 Å². The zero-order valence-corrected chi connectivity index (χ0v) is 11.8. The van der Waals surface area contributed by atoms with Crippen LogP contribution in [0.15, 0.2) is 0 Å². The van der Waals surface area contributed by atoms with Crippen molar-refractivity contribution in [3.8, 4) is 0 Å². The highest BCUT2D eigenvalue weighted by Crippen LogP contribution is 2.08. The fraction of sp³-hybridized carbons (Fsp3) is 0.667. The summed E-state index contributed by atoms with van der Waals surface area (Å²) in [6.07, 6.45) is -2.77. The van der Waals surface area contributed by atoms with Gasteiger partial charge in [-0.05, 0) is 12.8 Å². The lowest BCUT2D eigenvalue weighted by Gasteiger charge is -2.20. The van der Waals surface area contributed by atoms with Gasteiger partial charge in [0.25, 0.3) is 0 Å². The average Bonchev–Trinajstić information content (AvgIpc) is 2.39. The highest BCUT2D eigenvalue weighted by molar-refractivity contribution is 5.79. The molecule has 3 atom stereocenters. The van der Waals surface area contributed by atoms with Gasteiger partial charge in [-0.2, -0.15) is 0 Å². The number of nitrogens with two attached hydrogens (primary N) is 2. The lowest BCUT2D eigenvalue weighted by molar-refractivity contribution is -0.166. The third-order valence-corrected chi connectivity index (χ3v) is 2.74. The van der Waals surface area contributed by atoms with Crippen molar-refractivity contribution in [2.45, 2.75) is 50.3 Å². The molecule has 0 amide bonds. The first-order valence-corrected chi connectivity index (χ1v) is 6.50. The summed E-state index contributed by atoms with van der Waals surface area (Å²) in [5.74, 6) is -4.65. The number of hydrogen-bond acceptors (Lipinski definition) is 7. The first-order chi connectivity index (χ1) is 10.1. The predicted molar refractivity (Wildman–Crippen MR) is 71.8 cm³/mol. The molecular weight excluding hydrogens is 300 g/mol. The van der Waals surface area contributed by atoms with E-state index in [9.17, 15) is 19.2 Å². The lowest BCUT2D eigenvalue weighted by atomic mass is 10.1. The Morgan fingerprint density at radius 2 is 1.41 bits per heavy atom. The van der Waals surface area contributed by atoms with Crippen LogP contribution >= 0.6 is 0 Å². The van der Waals surface area contributed by atoms with Crippen molar-refractivity contribution in [3.05, 3.63) is 0 Å². The second kappa shape index (κ2) is 9.68. The Morgan fingerprint density at radius 1 is 0.909 bits per heavy atom. The van der Waals surface area contributed by atoms with E-state index >= 15 is 0 Å². The van der Waals surface area contributed by atoms with Gasteiger partial charge in [0.2, 0.25) is 6.10 Å². The normalized spacial score (nSPS) is 14.6. The minimum atomic E-state index is -1.68. The molecule has 0 fully saturated rings. The van der Waals surface area contributed by atoms with E-state index in [2.05, 4.69) is 0 Å². The molecule has 0 aromatic carbocycles. The minimum Gasteiger partial charge on any atom is -0.481 e. The summed E-state index contributed by atoms with van der Waals surface area (Å²) < 4.78 is 4.70. The van der Waals surface area contributed by atoms with E-state index in [0.29, 0.717) is 0 Å². The minimum absolute atomic E-state index is 0.0350. The van der Waals surface area contributed by atoms with Gasteiger partial charge in [-0.25, -0.2) is 4.79 Å². The van der Waals surface area contributed by atoms with Crippen LogP contribution in [0.1, 0.15) is 32.1 Å². The topological polar surface area (TPSA) is 190 Å². The number of hydrogen-bond donors (Lipinski definition) is 5. The highest BCUT2D eigenvalue weighted by Gasteiger charge is 2.30. The number of carbonyl (C=O) groups excluding carboxylic acids is 1. The Morgan fingerprint density at radius 3 is 1.86 bits per heavy atom. The lowest BCUT2D eigenvalue weighted by Crippen LogP contribution is -2.44. The van der Waals surface area contributed by atoms with Crippen molar-refractivity contribution in [2.24, 2.45) is 11.5 Å². The number of carbonyl (C=O) groups is 4. The Kier molecular flexibility index (Phi) is 8.72. The van der Waals surface area contributed by atoms with Crippen LogP contribution in [0.3, 0.4) is 0 Å². The predicted octanol–water partition coefficient (Wildman–Crippen LogP) is -1.24. The molecule has 0 bridgehead atoms. The number of rotatable bonds is 11. The molecule has 22 heavy (non-hydrogen) atoms. The molecule has 0 aliphatic rings. The van der Waals surface area contributed by atoms with Crippen LogP contribution in [0.2, 0.25) is 0 Å². The second-order valence-corrected chi connectivity index (χ2v) is 4.74. The first-order valence-electron chi connectivity index (χ1n) is 6.50. The molecule has 0 aromatic heterocycles. The average molecular weight is 320 g/mol. The Hall–Kier alpha value is -2.20. The molecule has 0 aliphatic heterocycles. The largest absolute Gasteiger partial charge is 0.481 e. The van der Waals surface area contributed by atoms with Crippen LogP contribution in [-0.2, 0) is 23.9 Å². The third kappa shape index (κ3) is 8.87. The van der Waals surface area contributed by atoms with E-state index < -0.39 is 42.1 Å². The Labute approximate surface area is 126 Å². The monoisotopic (exact) mass is 320 g/mol. The van der Waals surface area contributed by atoms with Crippen molar-refractivity contribution >= 4 is 23.9 Å². The van der Waals surface area contributed by atoms with Crippen LogP contribution in [0, 0.1) is 0 Å².